The molecule has 0 bridgehead atoms. The van der Waals surface area contributed by atoms with Crippen LogP contribution < -0.4 is 5.73 Å². The van der Waals surface area contributed by atoms with Gasteiger partial charge < -0.3 is 20.8 Å². The number of carbonyl (C=O) groups is 2. The second-order valence-corrected chi connectivity index (χ2v) is 6.70. The summed E-state index contributed by atoms with van der Waals surface area (Å²) in [4.78, 5) is 23.4. The molecule has 6 heteroatoms. The third-order valence-corrected chi connectivity index (χ3v) is 4.85. The Morgan fingerprint density at radius 3 is 2.08 bits per heavy atom. The lowest BCUT2D eigenvalue weighted by Crippen LogP contribution is -2.41. The standard InChI is InChI=1S/C16H22N2O2.C2H4O2/c1-18(16(20)12-8-14(17)15(19)9-12)13-6-10-4-2-3-5-11(10)7-13;1-2(3)4/h2-5,12-15,19H,6-9,17H2,1H3;1H3,(H,3,4)/t12-,14+,15+;/m0./s1. The van der Waals surface area contributed by atoms with E-state index in [0.29, 0.717) is 12.8 Å². The maximum atomic E-state index is 12.5. The molecular weight excluding hydrogens is 308 g/mol. The third kappa shape index (κ3) is 4.33. The maximum absolute atomic E-state index is 12.5. The number of hydrogen-bond donors (Lipinski definition) is 3. The molecule has 2 aliphatic rings. The Kier molecular flexibility index (Phi) is 5.96. The first kappa shape index (κ1) is 18.4. The predicted molar refractivity (Wildman–Crippen MR) is 90.4 cm³/mol. The molecule has 0 radical (unpaired) electrons. The Morgan fingerprint density at radius 1 is 1.17 bits per heavy atom. The van der Waals surface area contributed by atoms with E-state index in [1.54, 1.807) is 0 Å². The van der Waals surface area contributed by atoms with Gasteiger partial charge in [-0.05, 0) is 36.8 Å². The summed E-state index contributed by atoms with van der Waals surface area (Å²) in [6.45, 7) is 1.08. The van der Waals surface area contributed by atoms with Crippen LogP contribution in [0.1, 0.15) is 30.9 Å². The number of aliphatic hydroxyl groups excluding tert-OH is 1. The molecule has 132 valence electrons. The van der Waals surface area contributed by atoms with Crippen molar-refractivity contribution < 1.29 is 19.8 Å². The first-order chi connectivity index (χ1) is 11.3. The molecule has 1 saturated carbocycles. The fourth-order valence-electron chi connectivity index (χ4n) is 3.53. The lowest BCUT2D eigenvalue weighted by atomic mass is 10.0. The van der Waals surface area contributed by atoms with Gasteiger partial charge in [-0.3, -0.25) is 9.59 Å². The zero-order valence-electron chi connectivity index (χ0n) is 14.2. The van der Waals surface area contributed by atoms with Gasteiger partial charge in [-0.15, -0.1) is 0 Å². The van der Waals surface area contributed by atoms with Crippen molar-refractivity contribution in [1.82, 2.24) is 4.90 Å². The van der Waals surface area contributed by atoms with E-state index in [0.717, 1.165) is 19.8 Å². The number of amides is 1. The lowest BCUT2D eigenvalue weighted by Gasteiger charge is -2.27. The molecule has 3 atom stereocenters. The molecule has 6 nitrogen and oxygen atoms in total. The van der Waals surface area contributed by atoms with Crippen LogP contribution in [-0.4, -0.2) is 52.2 Å². The minimum atomic E-state index is -0.833. The van der Waals surface area contributed by atoms with Crippen molar-refractivity contribution >= 4 is 11.9 Å². The van der Waals surface area contributed by atoms with Gasteiger partial charge in [0, 0.05) is 32.0 Å². The van der Waals surface area contributed by atoms with Gasteiger partial charge in [-0.25, -0.2) is 0 Å². The number of likely N-dealkylation sites (N-methyl/N-ethyl adjacent to an activating group) is 1. The molecule has 1 aromatic carbocycles. The Morgan fingerprint density at radius 2 is 1.67 bits per heavy atom. The van der Waals surface area contributed by atoms with Crippen LogP contribution in [0.3, 0.4) is 0 Å². The molecule has 0 unspecified atom stereocenters. The molecule has 4 N–H and O–H groups in total. The van der Waals surface area contributed by atoms with E-state index in [9.17, 15) is 9.90 Å². The topological polar surface area (TPSA) is 104 Å². The molecule has 0 saturated heterocycles. The van der Waals surface area contributed by atoms with E-state index in [1.165, 1.54) is 11.1 Å². The summed E-state index contributed by atoms with van der Waals surface area (Å²) in [7, 11) is 1.88. The van der Waals surface area contributed by atoms with Crippen molar-refractivity contribution in [3.63, 3.8) is 0 Å². The molecule has 0 heterocycles. The summed E-state index contributed by atoms with van der Waals surface area (Å²) >= 11 is 0. The van der Waals surface area contributed by atoms with E-state index in [2.05, 4.69) is 24.3 Å². The van der Waals surface area contributed by atoms with E-state index < -0.39 is 12.1 Å². The number of benzene rings is 1. The minimum absolute atomic E-state index is 0.117. The molecular formula is C18H26N2O4. The molecule has 2 aliphatic carbocycles. The van der Waals surface area contributed by atoms with E-state index in [1.807, 2.05) is 11.9 Å². The zero-order chi connectivity index (χ0) is 17.9. The van der Waals surface area contributed by atoms with Crippen molar-refractivity contribution in [2.45, 2.75) is 50.8 Å². The van der Waals surface area contributed by atoms with Crippen molar-refractivity contribution in [3.05, 3.63) is 35.4 Å². The Hall–Kier alpha value is -1.92. The second-order valence-electron chi connectivity index (χ2n) is 6.70. The minimum Gasteiger partial charge on any atom is -0.481 e. The molecule has 1 aromatic rings. The van der Waals surface area contributed by atoms with E-state index in [-0.39, 0.29) is 23.9 Å². The largest absolute Gasteiger partial charge is 0.481 e. The molecule has 1 fully saturated rings. The van der Waals surface area contributed by atoms with E-state index >= 15 is 0 Å². The molecule has 0 aliphatic heterocycles. The fraction of sp³-hybridized carbons (Fsp3) is 0.556. The Bertz CT molecular complexity index is 565. The van der Waals surface area contributed by atoms with Crippen molar-refractivity contribution in [2.75, 3.05) is 7.05 Å². The summed E-state index contributed by atoms with van der Waals surface area (Å²) in [6.07, 6.45) is 2.44. The van der Waals surface area contributed by atoms with Crippen LogP contribution in [-0.2, 0) is 22.4 Å². The molecule has 0 aromatic heterocycles. The Balaban J connectivity index is 0.000000471. The first-order valence-electron chi connectivity index (χ1n) is 8.26. The van der Waals surface area contributed by atoms with Gasteiger partial charge in [-0.1, -0.05) is 24.3 Å². The number of nitrogens with two attached hydrogens (primary N) is 1. The Labute approximate surface area is 142 Å². The average Bonchev–Trinajstić information content (AvgIpc) is 3.09. The second kappa shape index (κ2) is 7.77. The highest BCUT2D eigenvalue weighted by Crippen LogP contribution is 2.30. The van der Waals surface area contributed by atoms with Crippen LogP contribution in [0.2, 0.25) is 0 Å². The lowest BCUT2D eigenvalue weighted by molar-refractivity contribution is -0.136. The zero-order valence-corrected chi connectivity index (χ0v) is 14.2. The highest BCUT2D eigenvalue weighted by molar-refractivity contribution is 5.79. The molecule has 1 amide bonds. The number of rotatable bonds is 2. The highest BCUT2D eigenvalue weighted by atomic mass is 16.4. The summed E-state index contributed by atoms with van der Waals surface area (Å²) in [5.74, 6) is -0.816. The fourth-order valence-corrected chi connectivity index (χ4v) is 3.53. The van der Waals surface area contributed by atoms with Gasteiger partial charge in [0.05, 0.1) is 6.10 Å². The van der Waals surface area contributed by atoms with Gasteiger partial charge in [-0.2, -0.15) is 0 Å². The van der Waals surface area contributed by atoms with E-state index in [4.69, 9.17) is 15.6 Å². The van der Waals surface area contributed by atoms with Crippen LogP contribution in [0.15, 0.2) is 24.3 Å². The van der Waals surface area contributed by atoms with Gasteiger partial charge in [0.2, 0.25) is 5.91 Å². The van der Waals surface area contributed by atoms with Crippen molar-refractivity contribution in [1.29, 1.82) is 0 Å². The number of aliphatic hydroxyl groups is 1. The highest BCUT2D eigenvalue weighted by Gasteiger charge is 2.38. The van der Waals surface area contributed by atoms with Crippen molar-refractivity contribution in [3.8, 4) is 0 Å². The van der Waals surface area contributed by atoms with Gasteiger partial charge in [0.15, 0.2) is 0 Å². The first-order valence-corrected chi connectivity index (χ1v) is 8.26. The number of fused-ring (bicyclic) bond motifs is 1. The normalized spacial score (nSPS) is 25.6. The number of hydrogen-bond acceptors (Lipinski definition) is 4. The number of carbonyl (C=O) groups excluding carboxylic acids is 1. The summed E-state index contributed by atoms with van der Waals surface area (Å²) in [5, 5.41) is 17.1. The molecule has 0 spiro atoms. The summed E-state index contributed by atoms with van der Waals surface area (Å²) < 4.78 is 0. The number of nitrogens with zero attached hydrogens (tertiary/aromatic N) is 1. The monoisotopic (exact) mass is 334 g/mol. The van der Waals surface area contributed by atoms with Gasteiger partial charge >= 0.3 is 0 Å². The quantitative estimate of drug-likeness (QED) is 0.742. The number of carboxylic acid groups (broad SMARTS) is 1. The summed E-state index contributed by atoms with van der Waals surface area (Å²) in [6, 6.07) is 8.38. The predicted octanol–water partition coefficient (Wildman–Crippen LogP) is 0.801. The third-order valence-electron chi connectivity index (χ3n) is 4.85. The van der Waals surface area contributed by atoms with Crippen LogP contribution in [0.4, 0.5) is 0 Å². The van der Waals surface area contributed by atoms with Crippen LogP contribution >= 0.6 is 0 Å². The van der Waals surface area contributed by atoms with Gasteiger partial charge in [0.1, 0.15) is 0 Å². The van der Waals surface area contributed by atoms with Crippen LogP contribution in [0, 0.1) is 5.92 Å². The number of aliphatic carboxylic acids is 1. The average molecular weight is 334 g/mol. The summed E-state index contributed by atoms with van der Waals surface area (Å²) in [5.41, 5.74) is 8.50. The van der Waals surface area contributed by atoms with Crippen LogP contribution in [0.25, 0.3) is 0 Å². The number of carboxylic acids is 1. The van der Waals surface area contributed by atoms with Crippen molar-refractivity contribution in [2.24, 2.45) is 11.7 Å². The molecule has 3 rings (SSSR count). The van der Waals surface area contributed by atoms with Crippen LogP contribution in [0.5, 0.6) is 0 Å². The smallest absolute Gasteiger partial charge is 0.300 e. The van der Waals surface area contributed by atoms with Gasteiger partial charge in [0.25, 0.3) is 5.97 Å². The molecule has 24 heavy (non-hydrogen) atoms. The maximum Gasteiger partial charge on any atom is 0.300 e. The SMILES string of the molecule is CC(=O)O.CN(C(=O)[C@H]1C[C@@H](N)[C@H](O)C1)C1Cc2ccccc2C1.